The molecule has 1 aromatic carbocycles. The number of rotatable bonds is 7. The van der Waals surface area contributed by atoms with E-state index in [1.807, 2.05) is 25.1 Å². The van der Waals surface area contributed by atoms with Gasteiger partial charge in [0.25, 0.3) is 0 Å². The van der Waals surface area contributed by atoms with Crippen LogP contribution >= 0.6 is 0 Å². The molecule has 0 aliphatic carbocycles. The molecule has 18 heavy (non-hydrogen) atoms. The van der Waals surface area contributed by atoms with Crippen LogP contribution in [0.1, 0.15) is 25.8 Å². The lowest BCUT2D eigenvalue weighted by molar-refractivity contribution is 0.265. The van der Waals surface area contributed by atoms with E-state index in [4.69, 9.17) is 15.2 Å². The highest BCUT2D eigenvalue weighted by Gasteiger charge is 2.11. The Balaban J connectivity index is 2.96. The van der Waals surface area contributed by atoms with Crippen LogP contribution in [0.2, 0.25) is 0 Å². The van der Waals surface area contributed by atoms with E-state index < -0.39 is 0 Å². The van der Waals surface area contributed by atoms with E-state index in [0.717, 1.165) is 29.9 Å². The highest BCUT2D eigenvalue weighted by Crippen LogP contribution is 2.27. The van der Waals surface area contributed by atoms with E-state index in [9.17, 15) is 0 Å². The molecule has 2 atom stereocenters. The summed E-state index contributed by atoms with van der Waals surface area (Å²) in [6, 6.07) is 6.00. The molecule has 0 saturated heterocycles. The number of nitrogens with two attached hydrogens (primary N) is 1. The summed E-state index contributed by atoms with van der Waals surface area (Å²) in [4.78, 5) is 0. The zero-order chi connectivity index (χ0) is 13.5. The quantitative estimate of drug-likeness (QED) is 0.756. The van der Waals surface area contributed by atoms with Crippen LogP contribution in [0.5, 0.6) is 11.5 Å². The van der Waals surface area contributed by atoms with Gasteiger partial charge in [-0.1, -0.05) is 25.6 Å². The monoisotopic (exact) mass is 249 g/mol. The van der Waals surface area contributed by atoms with Gasteiger partial charge in [0, 0.05) is 12.1 Å². The van der Waals surface area contributed by atoms with Crippen molar-refractivity contribution in [2.45, 2.75) is 38.8 Å². The number of hydrogen-bond donors (Lipinski definition) is 1. The highest BCUT2D eigenvalue weighted by atomic mass is 16.5. The van der Waals surface area contributed by atoms with Gasteiger partial charge in [-0.2, -0.15) is 0 Å². The van der Waals surface area contributed by atoms with Crippen molar-refractivity contribution < 1.29 is 9.47 Å². The number of hydrogen-bond acceptors (Lipinski definition) is 3. The maximum atomic E-state index is 6.00. The van der Waals surface area contributed by atoms with E-state index in [1.54, 1.807) is 13.2 Å². The van der Waals surface area contributed by atoms with Crippen LogP contribution in [0.4, 0.5) is 0 Å². The molecular formula is C15H23NO2. The zero-order valence-corrected chi connectivity index (χ0v) is 11.5. The molecule has 1 aromatic rings. The van der Waals surface area contributed by atoms with Crippen LogP contribution < -0.4 is 15.2 Å². The molecule has 0 aliphatic heterocycles. The Morgan fingerprint density at radius 3 is 2.72 bits per heavy atom. The Morgan fingerprint density at radius 2 is 2.17 bits per heavy atom. The Hall–Kier alpha value is -1.48. The molecule has 3 nitrogen and oxygen atoms in total. The van der Waals surface area contributed by atoms with Crippen LogP contribution in [0.15, 0.2) is 30.9 Å². The molecule has 0 radical (unpaired) electrons. The van der Waals surface area contributed by atoms with Gasteiger partial charge < -0.3 is 15.2 Å². The van der Waals surface area contributed by atoms with E-state index >= 15 is 0 Å². The standard InChI is InChI=1S/C15H23NO2/c1-5-11(3)18-15-10-14(17-4)8-7-12(15)9-13(16)6-2/h5,7-8,10-11,13H,1,6,9,16H2,2-4H3. The van der Waals surface area contributed by atoms with E-state index in [2.05, 4.69) is 13.5 Å². The molecule has 100 valence electrons. The van der Waals surface area contributed by atoms with Gasteiger partial charge in [-0.05, 0) is 31.4 Å². The molecule has 0 aliphatic rings. The molecule has 0 aromatic heterocycles. The second-order valence-corrected chi connectivity index (χ2v) is 4.40. The summed E-state index contributed by atoms with van der Waals surface area (Å²) in [5, 5.41) is 0. The zero-order valence-electron chi connectivity index (χ0n) is 11.5. The van der Waals surface area contributed by atoms with Gasteiger partial charge in [0.2, 0.25) is 0 Å². The fourth-order valence-electron chi connectivity index (χ4n) is 1.62. The van der Waals surface area contributed by atoms with Gasteiger partial charge in [0.1, 0.15) is 17.6 Å². The first-order chi connectivity index (χ1) is 8.60. The molecular weight excluding hydrogens is 226 g/mol. The van der Waals surface area contributed by atoms with Crippen LogP contribution in [0.25, 0.3) is 0 Å². The van der Waals surface area contributed by atoms with Crippen molar-refractivity contribution in [1.82, 2.24) is 0 Å². The topological polar surface area (TPSA) is 44.5 Å². The Morgan fingerprint density at radius 1 is 1.44 bits per heavy atom. The maximum Gasteiger partial charge on any atom is 0.127 e. The van der Waals surface area contributed by atoms with Crippen molar-refractivity contribution in [3.05, 3.63) is 36.4 Å². The molecule has 3 heteroatoms. The number of methoxy groups -OCH3 is 1. The summed E-state index contributed by atoms with van der Waals surface area (Å²) >= 11 is 0. The van der Waals surface area contributed by atoms with Crippen molar-refractivity contribution in [2.75, 3.05) is 7.11 Å². The van der Waals surface area contributed by atoms with Gasteiger partial charge in [0.05, 0.1) is 7.11 Å². The Kier molecular flexibility index (Phi) is 5.72. The number of benzene rings is 1. The smallest absolute Gasteiger partial charge is 0.127 e. The largest absolute Gasteiger partial charge is 0.497 e. The maximum absolute atomic E-state index is 6.00. The van der Waals surface area contributed by atoms with E-state index in [-0.39, 0.29) is 12.1 Å². The Labute approximate surface area is 110 Å². The molecule has 0 fully saturated rings. The third-order valence-corrected chi connectivity index (χ3v) is 2.93. The van der Waals surface area contributed by atoms with Gasteiger partial charge in [-0.3, -0.25) is 0 Å². The minimum Gasteiger partial charge on any atom is -0.497 e. The number of ether oxygens (including phenoxy) is 2. The van der Waals surface area contributed by atoms with Gasteiger partial charge >= 0.3 is 0 Å². The molecule has 0 spiro atoms. The first kappa shape index (κ1) is 14.6. The second-order valence-electron chi connectivity index (χ2n) is 4.40. The summed E-state index contributed by atoms with van der Waals surface area (Å²) in [7, 11) is 1.65. The van der Waals surface area contributed by atoms with Crippen molar-refractivity contribution in [3.63, 3.8) is 0 Å². The van der Waals surface area contributed by atoms with Crippen LogP contribution in [-0.2, 0) is 6.42 Å². The molecule has 0 saturated carbocycles. The van der Waals surface area contributed by atoms with Crippen LogP contribution in [0, 0.1) is 0 Å². The lowest BCUT2D eigenvalue weighted by Crippen LogP contribution is -2.22. The molecule has 2 unspecified atom stereocenters. The minimum atomic E-state index is -0.0336. The van der Waals surface area contributed by atoms with E-state index in [1.165, 1.54) is 0 Å². The third-order valence-electron chi connectivity index (χ3n) is 2.93. The molecule has 2 N–H and O–H groups in total. The second kappa shape index (κ2) is 7.07. The molecule has 0 bridgehead atoms. The first-order valence-electron chi connectivity index (χ1n) is 6.32. The Bertz CT molecular complexity index is 390. The van der Waals surface area contributed by atoms with Crippen LogP contribution in [0.3, 0.4) is 0 Å². The van der Waals surface area contributed by atoms with Crippen molar-refractivity contribution in [3.8, 4) is 11.5 Å². The summed E-state index contributed by atoms with van der Waals surface area (Å²) in [5.74, 6) is 1.61. The minimum absolute atomic E-state index is 0.0336. The van der Waals surface area contributed by atoms with Crippen molar-refractivity contribution >= 4 is 0 Å². The fourth-order valence-corrected chi connectivity index (χ4v) is 1.62. The SMILES string of the molecule is C=CC(C)Oc1cc(OC)ccc1CC(N)CC. The fraction of sp³-hybridized carbons (Fsp3) is 0.467. The predicted octanol–water partition coefficient (Wildman–Crippen LogP) is 2.93. The van der Waals surface area contributed by atoms with Crippen molar-refractivity contribution in [1.29, 1.82) is 0 Å². The average Bonchev–Trinajstić information content (AvgIpc) is 2.40. The average molecular weight is 249 g/mol. The first-order valence-corrected chi connectivity index (χ1v) is 6.32. The van der Waals surface area contributed by atoms with Crippen molar-refractivity contribution in [2.24, 2.45) is 5.73 Å². The molecule has 1 rings (SSSR count). The predicted molar refractivity (Wildman–Crippen MR) is 75.3 cm³/mol. The normalized spacial score (nSPS) is 13.8. The van der Waals surface area contributed by atoms with Gasteiger partial charge in [0.15, 0.2) is 0 Å². The van der Waals surface area contributed by atoms with Crippen LogP contribution in [-0.4, -0.2) is 19.3 Å². The van der Waals surface area contributed by atoms with Gasteiger partial charge in [-0.25, -0.2) is 0 Å². The molecule has 0 amide bonds. The van der Waals surface area contributed by atoms with E-state index in [0.29, 0.717) is 0 Å². The summed E-state index contributed by atoms with van der Waals surface area (Å²) < 4.78 is 11.0. The van der Waals surface area contributed by atoms with Gasteiger partial charge in [-0.15, -0.1) is 0 Å². The summed E-state index contributed by atoms with van der Waals surface area (Å²) in [6.45, 7) is 7.76. The highest BCUT2D eigenvalue weighted by molar-refractivity contribution is 5.41. The third kappa shape index (κ3) is 4.08. The lowest BCUT2D eigenvalue weighted by Gasteiger charge is -2.17. The summed E-state index contributed by atoms with van der Waals surface area (Å²) in [6.07, 6.45) is 3.49. The molecule has 0 heterocycles. The lowest BCUT2D eigenvalue weighted by atomic mass is 10.0. The summed E-state index contributed by atoms with van der Waals surface area (Å²) in [5.41, 5.74) is 7.11.